The third-order valence-corrected chi connectivity index (χ3v) is 26.3. The van der Waals surface area contributed by atoms with E-state index in [0.29, 0.717) is 51.0 Å². The van der Waals surface area contributed by atoms with Gasteiger partial charge in [-0.15, -0.1) is 0 Å². The van der Waals surface area contributed by atoms with Crippen LogP contribution in [0.15, 0.2) is 230 Å². The van der Waals surface area contributed by atoms with Crippen LogP contribution in [-0.2, 0) is 51.7 Å². The van der Waals surface area contributed by atoms with Crippen LogP contribution in [0, 0.1) is 0 Å². The molecule has 4 aromatic carbocycles. The summed E-state index contributed by atoms with van der Waals surface area (Å²) in [6.07, 6.45) is 38.4. The monoisotopic (exact) mass is 1830 g/mol. The van der Waals surface area contributed by atoms with Gasteiger partial charge in [0.15, 0.2) is 0 Å². The zero-order valence-corrected chi connectivity index (χ0v) is 76.2. The molecule has 20 rings (SSSR count). The number of H-pyrrole nitrogens is 3. The van der Waals surface area contributed by atoms with Gasteiger partial charge in [-0.05, 0) is 204 Å². The lowest BCUT2D eigenvalue weighted by atomic mass is 9.90. The number of carbonyl (C=O) groups excluding carboxylic acids is 3. The van der Waals surface area contributed by atoms with Crippen molar-refractivity contribution in [2.45, 2.75) is 153 Å². The topological polar surface area (TPSA) is 314 Å². The highest BCUT2D eigenvalue weighted by atomic mass is 35.5. The van der Waals surface area contributed by atoms with E-state index in [9.17, 15) is 14.4 Å². The molecule has 6 aliphatic rings. The molecule has 3 amide bonds. The minimum Gasteiger partial charge on any atom is -0.352 e. The molecule has 10 aromatic heterocycles. The number of rotatable bonds is 28. The summed E-state index contributed by atoms with van der Waals surface area (Å²) < 4.78 is 0. The van der Waals surface area contributed by atoms with Crippen LogP contribution in [0.1, 0.15) is 200 Å². The average molecular weight is 1830 g/mol. The highest BCUT2D eigenvalue weighted by Gasteiger charge is 2.34. The first kappa shape index (κ1) is 91.0. The van der Waals surface area contributed by atoms with Crippen molar-refractivity contribution in [1.29, 1.82) is 0 Å². The zero-order valence-electron chi connectivity index (χ0n) is 73.2. The molecule has 4 unspecified atom stereocenters. The Morgan fingerprint density at radius 1 is 0.397 bits per heavy atom. The Hall–Kier alpha value is -12.0. The fraction of sp³-hybridized carbons (Fsp3) is 0.337. The van der Waals surface area contributed by atoms with Crippen molar-refractivity contribution in [3.63, 3.8) is 0 Å². The van der Waals surface area contributed by atoms with Crippen LogP contribution in [0.4, 0.5) is 5.69 Å². The first-order valence-corrected chi connectivity index (χ1v) is 47.1. The second-order valence-electron chi connectivity index (χ2n) is 33.9. The number of carbonyl (C=O) groups is 3. The number of amides is 3. The lowest BCUT2D eigenvalue weighted by molar-refractivity contribution is 0.0935. The van der Waals surface area contributed by atoms with Gasteiger partial charge < -0.3 is 36.2 Å². The van der Waals surface area contributed by atoms with E-state index in [1.54, 1.807) is 6.20 Å². The van der Waals surface area contributed by atoms with Gasteiger partial charge >= 0.3 is 0 Å². The maximum absolute atomic E-state index is 12.8. The highest BCUT2D eigenvalue weighted by Crippen LogP contribution is 2.40. The molecule has 0 spiro atoms. The molecule has 12 heterocycles. The number of para-hydroxylation sites is 7. The molecule has 0 bridgehead atoms. The fourth-order valence-electron chi connectivity index (χ4n) is 18.9. The number of halogens is 4. The minimum absolute atomic E-state index is 0.182. The van der Waals surface area contributed by atoms with Gasteiger partial charge in [0, 0.05) is 133 Å². The van der Waals surface area contributed by atoms with Crippen LogP contribution in [0.3, 0.4) is 0 Å². The zero-order chi connectivity index (χ0) is 89.6. The number of aromatic nitrogens is 14. The van der Waals surface area contributed by atoms with E-state index in [0.717, 1.165) is 209 Å². The van der Waals surface area contributed by atoms with Crippen LogP contribution < -0.4 is 21.3 Å². The highest BCUT2D eigenvalue weighted by molar-refractivity contribution is 6.40. The second-order valence-corrected chi connectivity index (χ2v) is 35.5. The molecule has 672 valence electrons. The van der Waals surface area contributed by atoms with E-state index < -0.39 is 0 Å². The summed E-state index contributed by atoms with van der Waals surface area (Å²) in [6.45, 7) is 9.77. The fourth-order valence-corrected chi connectivity index (χ4v) is 19.9. The maximum atomic E-state index is 12.8. The number of aryl methyl sites for hydroxylation is 4. The number of nitrogens with zero attached hydrogens (tertiary/aromatic N) is 16. The Balaban J connectivity index is 0.000000122. The van der Waals surface area contributed by atoms with Gasteiger partial charge in [0.2, 0.25) is 0 Å². The van der Waals surface area contributed by atoms with Crippen molar-refractivity contribution >= 4 is 109 Å². The summed E-state index contributed by atoms with van der Waals surface area (Å²) in [5.74, 6) is 2.11. The average Bonchev–Trinajstić information content (AvgIpc) is 1.80. The summed E-state index contributed by atoms with van der Waals surface area (Å²) in [7, 11) is 0. The lowest BCUT2D eigenvalue weighted by Crippen LogP contribution is -2.41. The molecule has 0 saturated carbocycles. The molecule has 30 heteroatoms. The summed E-state index contributed by atoms with van der Waals surface area (Å²) >= 11 is 24.6. The molecule has 7 N–H and O–H groups in total. The van der Waals surface area contributed by atoms with Gasteiger partial charge in [-0.1, -0.05) is 137 Å². The van der Waals surface area contributed by atoms with Gasteiger partial charge in [0.1, 0.15) is 23.2 Å². The first-order chi connectivity index (χ1) is 64.3. The summed E-state index contributed by atoms with van der Waals surface area (Å²) in [5, 5.41) is 13.3. The second kappa shape index (κ2) is 44.8. The van der Waals surface area contributed by atoms with Crippen molar-refractivity contribution in [3.05, 3.63) is 330 Å². The molecular weight excluding hydrogens is 1730 g/mol. The van der Waals surface area contributed by atoms with E-state index in [4.69, 9.17) is 86.3 Å². The lowest BCUT2D eigenvalue weighted by Gasteiger charge is -2.35. The Morgan fingerprint density at radius 2 is 0.809 bits per heavy atom. The van der Waals surface area contributed by atoms with Crippen LogP contribution in [0.5, 0.6) is 0 Å². The van der Waals surface area contributed by atoms with Gasteiger partial charge in [0.25, 0.3) is 17.7 Å². The number of hydrogen-bond acceptors (Lipinski definition) is 20. The molecule has 14 aromatic rings. The number of aliphatic imine (C=N–C) groups is 1. The number of aromatic amines is 3. The van der Waals surface area contributed by atoms with Gasteiger partial charge in [0.05, 0.1) is 143 Å². The van der Waals surface area contributed by atoms with E-state index in [2.05, 4.69) is 155 Å². The number of imidazole rings is 3. The number of nitrogens with one attached hydrogen (secondary N) is 7. The van der Waals surface area contributed by atoms with Crippen molar-refractivity contribution in [3.8, 4) is 0 Å². The summed E-state index contributed by atoms with van der Waals surface area (Å²) in [6, 6.07) is 50.6. The molecule has 131 heavy (non-hydrogen) atoms. The molecular formula is C101H107Cl4N23O3. The van der Waals surface area contributed by atoms with Crippen LogP contribution >= 0.6 is 46.4 Å². The predicted molar refractivity (Wildman–Crippen MR) is 515 cm³/mol. The third kappa shape index (κ3) is 23.3. The summed E-state index contributed by atoms with van der Waals surface area (Å²) in [5.41, 5.74) is 22.1. The van der Waals surface area contributed by atoms with Crippen molar-refractivity contribution in [2.75, 3.05) is 65.4 Å². The van der Waals surface area contributed by atoms with Crippen molar-refractivity contribution in [2.24, 2.45) is 4.99 Å². The third-order valence-electron chi connectivity index (χ3n) is 25.1. The largest absolute Gasteiger partial charge is 0.352 e. The first-order valence-electron chi connectivity index (χ1n) is 45.6. The van der Waals surface area contributed by atoms with Gasteiger partial charge in [-0.3, -0.25) is 73.9 Å². The number of fused-ring (bicyclic) bond motifs is 8. The quantitative estimate of drug-likeness (QED) is 0.0177. The molecule has 0 radical (unpaired) electrons. The Labute approximate surface area is 782 Å². The van der Waals surface area contributed by atoms with Gasteiger partial charge in [-0.25, -0.2) is 19.9 Å². The van der Waals surface area contributed by atoms with E-state index in [1.807, 2.05) is 97.6 Å². The van der Waals surface area contributed by atoms with Crippen LogP contribution in [0.2, 0.25) is 20.1 Å². The molecule has 4 aliphatic carbocycles. The number of pyridine rings is 6. The minimum atomic E-state index is -0.301. The number of benzene rings is 4. The van der Waals surface area contributed by atoms with E-state index in [-0.39, 0.29) is 67.1 Å². The molecule has 1 saturated heterocycles. The Bertz CT molecular complexity index is 6180. The van der Waals surface area contributed by atoms with Gasteiger partial charge in [-0.2, -0.15) is 0 Å². The van der Waals surface area contributed by atoms with E-state index in [1.165, 1.54) is 101 Å². The normalized spacial score (nSPS) is 17.0. The molecule has 1 fully saturated rings. The van der Waals surface area contributed by atoms with Crippen molar-refractivity contribution in [1.82, 2.24) is 111 Å². The molecule has 2 aliphatic heterocycles. The maximum Gasteiger partial charge on any atom is 0.271 e. The summed E-state index contributed by atoms with van der Waals surface area (Å²) in [4.78, 5) is 112. The predicted octanol–water partition coefficient (Wildman–Crippen LogP) is 18.2. The Morgan fingerprint density at radius 3 is 1.24 bits per heavy atom. The smallest absolute Gasteiger partial charge is 0.271 e. The molecule has 26 nitrogen and oxygen atoms in total. The SMILES string of the molecule is C(/CN(Cc1nc2ccccc2[nH]1)C1CCCc2cccnc21)=C1\CCCNC1.O=C(NCCCN(Cc1nc2ccccc2[nH]1)C1CCCc2cccnc21)c1c(Cl)cncc1Cl.O=C(NCCCN(Cc1nc2ccccc2[nH]1)C1CCCc2cccnc21)c1cnccn1.O=C(NCCN(CC1=Nc2ccccc2C1)C1CCCc2cccnc21)c1c(Cl)cncc1Cl. The van der Waals surface area contributed by atoms with Crippen LogP contribution in [0.25, 0.3) is 33.1 Å². The number of hydrogen-bond donors (Lipinski definition) is 7. The van der Waals surface area contributed by atoms with Crippen LogP contribution in [-0.4, -0.2) is 178 Å². The number of piperidine rings is 1. The Kier molecular flexibility index (Phi) is 31.1. The molecule has 4 atom stereocenters. The standard InChI is InChI=1S/C26H26Cl2N6O.C26H25Cl2N5O.C25H27N7O.C24H29N5/c27-18-14-29-15-19(28)24(18)26(35)31-12-5-13-34(16-23-32-20-8-1-2-9-21(20)33-23)22-10-3-6-17-7-4-11-30-25(17)22;27-20-14-29-15-21(28)24(20)26(34)31-11-12-33(16-19-13-18-5-1-2-8-22(18)32-19)23-9-3-6-17-7-4-10-30-25(17)23;33-25(21-16-26-13-14-27-21)29-12-5-15-32(17-23-30-19-8-1-2-9-20(19)31-23)22-10-3-6-18-7-4-11-28-24(18)22;1-2-10-21-20(9-1)27-23(28-21)17-29(15-12-18-6-4-13-25-16-18)22-11-3-7-19-8-5-14-26-24(19)22/h1-2,4,7-9,11,14-15,22H,3,5-6,10,12-13,16H2,(H,31,35)(H,32,33);1-2,4-5,7-8,10,14-15,23H,3,6,9,11-13,16H2,(H,31,34);1-2,4,7-9,11,13-14,16,22H,3,5-6,10,12,15,17H2,(H,29,33)(H,30,31);1-2,5,8-10,12,14,22,25H,3-4,6-7,11,13,15-17H2,(H,27,28)/b;;;18-12-. The van der Waals surface area contributed by atoms with E-state index >= 15 is 0 Å². The van der Waals surface area contributed by atoms with Crippen molar-refractivity contribution < 1.29 is 14.4 Å².